The topological polar surface area (TPSA) is 57.6 Å². The van der Waals surface area contributed by atoms with E-state index in [1.54, 1.807) is 20.9 Å². The summed E-state index contributed by atoms with van der Waals surface area (Å²) in [4.78, 5) is 24.9. The minimum Gasteiger partial charge on any atom is -0.481 e. The maximum absolute atomic E-state index is 12.3. The summed E-state index contributed by atoms with van der Waals surface area (Å²) < 4.78 is 0. The molecule has 0 bridgehead atoms. The number of carbonyl (C=O) groups excluding carboxylic acids is 1. The predicted molar refractivity (Wildman–Crippen MR) is 75.3 cm³/mol. The Kier molecular flexibility index (Phi) is 4.70. The summed E-state index contributed by atoms with van der Waals surface area (Å²) in [7, 11) is 1.62. The van der Waals surface area contributed by atoms with Gasteiger partial charge in [0.25, 0.3) is 0 Å². The van der Waals surface area contributed by atoms with Crippen LogP contribution in [0.25, 0.3) is 0 Å². The van der Waals surface area contributed by atoms with Crippen molar-refractivity contribution in [3.8, 4) is 0 Å². The van der Waals surface area contributed by atoms with Crippen LogP contribution in [0.4, 0.5) is 5.69 Å². The molecule has 0 aliphatic rings. The van der Waals surface area contributed by atoms with Gasteiger partial charge in [-0.1, -0.05) is 19.9 Å². The number of aliphatic carboxylic acids is 1. The first kappa shape index (κ1) is 15.2. The Labute approximate surface area is 114 Å². The molecule has 4 heteroatoms. The average molecular weight is 263 g/mol. The van der Waals surface area contributed by atoms with Gasteiger partial charge in [0.05, 0.1) is 0 Å². The summed E-state index contributed by atoms with van der Waals surface area (Å²) >= 11 is 0. The van der Waals surface area contributed by atoms with E-state index in [1.165, 1.54) is 4.90 Å². The highest BCUT2D eigenvalue weighted by Gasteiger charge is 2.32. The average Bonchev–Trinajstić information content (AvgIpc) is 2.30. The molecule has 0 aromatic heterocycles. The highest BCUT2D eigenvalue weighted by Crippen LogP contribution is 2.22. The maximum Gasteiger partial charge on any atom is 0.316 e. The molecule has 1 atom stereocenters. The first-order valence-electron chi connectivity index (χ1n) is 6.33. The van der Waals surface area contributed by atoms with Crippen molar-refractivity contribution in [1.82, 2.24) is 0 Å². The molecule has 1 aromatic rings. The molecule has 19 heavy (non-hydrogen) atoms. The van der Waals surface area contributed by atoms with Gasteiger partial charge in [-0.15, -0.1) is 0 Å². The molecule has 0 fully saturated rings. The van der Waals surface area contributed by atoms with Crippen molar-refractivity contribution in [3.63, 3.8) is 0 Å². The lowest BCUT2D eigenvalue weighted by atomic mass is 9.94. The third-order valence-electron chi connectivity index (χ3n) is 3.41. The number of nitrogens with zero attached hydrogens (tertiary/aromatic N) is 1. The quantitative estimate of drug-likeness (QED) is 0.849. The number of hydrogen-bond donors (Lipinski definition) is 1. The molecule has 0 aliphatic carbocycles. The molecule has 0 saturated carbocycles. The minimum atomic E-state index is -1.07. The molecule has 0 aliphatic heterocycles. The third-order valence-corrected chi connectivity index (χ3v) is 3.41. The molecule has 1 N–H and O–H groups in total. The number of benzene rings is 1. The summed E-state index contributed by atoms with van der Waals surface area (Å²) in [5.74, 6) is -2.70. The van der Waals surface area contributed by atoms with Crippen LogP contribution in [0.15, 0.2) is 18.2 Å². The van der Waals surface area contributed by atoms with E-state index in [1.807, 2.05) is 32.0 Å². The normalized spacial score (nSPS) is 12.3. The van der Waals surface area contributed by atoms with Gasteiger partial charge in [-0.05, 0) is 43.0 Å². The van der Waals surface area contributed by atoms with Crippen molar-refractivity contribution in [2.75, 3.05) is 11.9 Å². The first-order valence-corrected chi connectivity index (χ1v) is 6.33. The van der Waals surface area contributed by atoms with Crippen molar-refractivity contribution in [2.24, 2.45) is 11.8 Å². The van der Waals surface area contributed by atoms with E-state index < -0.39 is 11.9 Å². The Morgan fingerprint density at radius 1 is 1.16 bits per heavy atom. The van der Waals surface area contributed by atoms with Crippen molar-refractivity contribution in [3.05, 3.63) is 29.3 Å². The molecule has 1 aromatic carbocycles. The van der Waals surface area contributed by atoms with Crippen LogP contribution < -0.4 is 4.90 Å². The van der Waals surface area contributed by atoms with Gasteiger partial charge in [-0.2, -0.15) is 0 Å². The van der Waals surface area contributed by atoms with Gasteiger partial charge in [0.2, 0.25) is 5.91 Å². The van der Waals surface area contributed by atoms with Crippen molar-refractivity contribution < 1.29 is 14.7 Å². The number of carbonyl (C=O) groups is 2. The molecule has 1 unspecified atom stereocenters. The number of carboxylic acid groups (broad SMARTS) is 1. The summed E-state index contributed by atoms with van der Waals surface area (Å²) in [5, 5.41) is 9.16. The van der Waals surface area contributed by atoms with Gasteiger partial charge >= 0.3 is 5.97 Å². The fraction of sp³-hybridized carbons (Fsp3) is 0.467. The van der Waals surface area contributed by atoms with E-state index in [0.29, 0.717) is 0 Å². The highest BCUT2D eigenvalue weighted by atomic mass is 16.4. The molecule has 104 valence electrons. The second-order valence-corrected chi connectivity index (χ2v) is 5.23. The molecule has 0 spiro atoms. The zero-order valence-corrected chi connectivity index (χ0v) is 12.1. The van der Waals surface area contributed by atoms with Crippen molar-refractivity contribution in [1.29, 1.82) is 0 Å². The van der Waals surface area contributed by atoms with Crippen LogP contribution >= 0.6 is 0 Å². The molecule has 1 rings (SSSR count). The van der Waals surface area contributed by atoms with E-state index in [0.717, 1.165) is 16.8 Å². The largest absolute Gasteiger partial charge is 0.481 e. The lowest BCUT2D eigenvalue weighted by Crippen LogP contribution is -2.39. The minimum absolute atomic E-state index is 0.237. The fourth-order valence-electron chi connectivity index (χ4n) is 1.95. The lowest BCUT2D eigenvalue weighted by Gasteiger charge is -2.24. The summed E-state index contributed by atoms with van der Waals surface area (Å²) in [5.41, 5.74) is 2.94. The smallest absolute Gasteiger partial charge is 0.316 e. The van der Waals surface area contributed by atoms with Crippen molar-refractivity contribution in [2.45, 2.75) is 27.7 Å². The van der Waals surface area contributed by atoms with Crippen LogP contribution in [-0.4, -0.2) is 24.0 Å². The Balaban J connectivity index is 3.04. The monoisotopic (exact) mass is 263 g/mol. The third kappa shape index (κ3) is 3.34. The second-order valence-electron chi connectivity index (χ2n) is 5.23. The standard InChI is InChI=1S/C15H21NO3/c1-9(2)13(15(18)19)14(17)16(5)12-7-6-10(3)11(4)8-12/h6-9,13H,1-5H3,(H,18,19). The van der Waals surface area contributed by atoms with Gasteiger partial charge in [-0.25, -0.2) is 0 Å². The fourth-order valence-corrected chi connectivity index (χ4v) is 1.95. The lowest BCUT2D eigenvalue weighted by molar-refractivity contribution is -0.147. The zero-order chi connectivity index (χ0) is 14.7. The number of rotatable bonds is 4. The van der Waals surface area contributed by atoms with Crippen LogP contribution in [0, 0.1) is 25.7 Å². The van der Waals surface area contributed by atoms with E-state index >= 15 is 0 Å². The van der Waals surface area contributed by atoms with Gasteiger partial charge in [0.15, 0.2) is 0 Å². The number of carboxylic acids is 1. The molecule has 1 amide bonds. The maximum atomic E-state index is 12.3. The molecule has 4 nitrogen and oxygen atoms in total. The number of amides is 1. The van der Waals surface area contributed by atoms with Gasteiger partial charge < -0.3 is 10.0 Å². The van der Waals surface area contributed by atoms with Crippen LogP contribution in [0.2, 0.25) is 0 Å². The van der Waals surface area contributed by atoms with Crippen molar-refractivity contribution >= 4 is 17.6 Å². The first-order chi connectivity index (χ1) is 8.75. The summed E-state index contributed by atoms with van der Waals surface area (Å²) in [6, 6.07) is 5.66. The Hall–Kier alpha value is -1.84. The van der Waals surface area contributed by atoms with E-state index in [4.69, 9.17) is 5.11 Å². The van der Waals surface area contributed by atoms with E-state index in [9.17, 15) is 9.59 Å². The van der Waals surface area contributed by atoms with Crippen LogP contribution in [0.3, 0.4) is 0 Å². The molecule has 0 saturated heterocycles. The van der Waals surface area contributed by atoms with Gasteiger partial charge in [0.1, 0.15) is 5.92 Å². The SMILES string of the molecule is Cc1ccc(N(C)C(=O)C(C(=O)O)C(C)C)cc1C. The molecular formula is C15H21NO3. The Bertz CT molecular complexity index is 494. The predicted octanol–water partition coefficient (Wildman–Crippen LogP) is 2.62. The van der Waals surface area contributed by atoms with Gasteiger partial charge in [-0.3, -0.25) is 9.59 Å². The second kappa shape index (κ2) is 5.87. The number of hydrogen-bond acceptors (Lipinski definition) is 2. The summed E-state index contributed by atoms with van der Waals surface area (Å²) in [6.45, 7) is 7.44. The zero-order valence-electron chi connectivity index (χ0n) is 12.1. The van der Waals surface area contributed by atoms with Gasteiger partial charge in [0, 0.05) is 12.7 Å². The van der Waals surface area contributed by atoms with E-state index in [-0.39, 0.29) is 11.8 Å². The van der Waals surface area contributed by atoms with E-state index in [2.05, 4.69) is 0 Å². The van der Waals surface area contributed by atoms with Crippen LogP contribution in [-0.2, 0) is 9.59 Å². The molecule has 0 radical (unpaired) electrons. The highest BCUT2D eigenvalue weighted by molar-refractivity contribution is 6.05. The Morgan fingerprint density at radius 2 is 1.74 bits per heavy atom. The summed E-state index contributed by atoms with van der Waals surface area (Å²) in [6.07, 6.45) is 0. The Morgan fingerprint density at radius 3 is 2.16 bits per heavy atom. The van der Waals surface area contributed by atoms with Crippen LogP contribution in [0.5, 0.6) is 0 Å². The number of aryl methyl sites for hydroxylation is 2. The van der Waals surface area contributed by atoms with Crippen LogP contribution in [0.1, 0.15) is 25.0 Å². The number of anilines is 1. The molecule has 0 heterocycles. The molecular weight excluding hydrogens is 242 g/mol.